The second kappa shape index (κ2) is 7.47. The van der Waals surface area contributed by atoms with Crippen LogP contribution in [0.15, 0.2) is 54.7 Å². The number of carboxylic acid groups (broad SMARTS) is 1. The lowest BCUT2D eigenvalue weighted by Gasteiger charge is -2.35. The van der Waals surface area contributed by atoms with Crippen LogP contribution in [0.3, 0.4) is 0 Å². The third-order valence-electron chi connectivity index (χ3n) is 4.60. The number of rotatable bonds is 4. The number of amides is 1. The van der Waals surface area contributed by atoms with Gasteiger partial charge in [0.05, 0.1) is 5.69 Å². The molecule has 9 heteroatoms. The maximum absolute atomic E-state index is 13.1. The van der Waals surface area contributed by atoms with Crippen LogP contribution >= 0.6 is 0 Å². The van der Waals surface area contributed by atoms with Gasteiger partial charge >= 0.3 is 5.97 Å². The number of nitrogens with zero attached hydrogens (tertiary/aromatic N) is 6. The Bertz CT molecular complexity index is 981. The molecular formula is C19H18N6O3. The van der Waals surface area contributed by atoms with Gasteiger partial charge in [-0.1, -0.05) is 18.2 Å². The van der Waals surface area contributed by atoms with E-state index in [0.717, 1.165) is 5.82 Å². The molecule has 1 N–H and O–H groups in total. The molecule has 1 aliphatic rings. The van der Waals surface area contributed by atoms with Crippen molar-refractivity contribution in [2.45, 2.75) is 0 Å². The van der Waals surface area contributed by atoms with Crippen molar-refractivity contribution in [3.63, 3.8) is 0 Å². The zero-order valence-electron chi connectivity index (χ0n) is 15.0. The van der Waals surface area contributed by atoms with Crippen LogP contribution in [-0.4, -0.2) is 68.0 Å². The molecule has 1 fully saturated rings. The molecule has 0 aliphatic carbocycles. The van der Waals surface area contributed by atoms with E-state index in [4.69, 9.17) is 0 Å². The Morgan fingerprint density at radius 2 is 1.71 bits per heavy atom. The zero-order valence-corrected chi connectivity index (χ0v) is 15.0. The average molecular weight is 378 g/mol. The minimum atomic E-state index is -1.17. The Labute approximate surface area is 160 Å². The Balaban J connectivity index is 1.56. The van der Waals surface area contributed by atoms with E-state index in [1.54, 1.807) is 23.2 Å². The predicted octanol–water partition coefficient (Wildman–Crippen LogP) is 1.32. The molecule has 1 aromatic carbocycles. The zero-order chi connectivity index (χ0) is 19.5. The van der Waals surface area contributed by atoms with Crippen LogP contribution in [0.25, 0.3) is 5.69 Å². The molecule has 3 heterocycles. The first kappa shape index (κ1) is 17.7. The molecule has 142 valence electrons. The predicted molar refractivity (Wildman–Crippen MR) is 101 cm³/mol. The first-order chi connectivity index (χ1) is 13.6. The van der Waals surface area contributed by atoms with Crippen LogP contribution in [-0.2, 0) is 0 Å². The van der Waals surface area contributed by atoms with Crippen LogP contribution in [0.4, 0.5) is 5.82 Å². The molecule has 4 rings (SSSR count). The molecule has 9 nitrogen and oxygen atoms in total. The highest BCUT2D eigenvalue weighted by Gasteiger charge is 2.27. The molecule has 0 atom stereocenters. The normalized spacial score (nSPS) is 14.1. The lowest BCUT2D eigenvalue weighted by molar-refractivity contribution is 0.0689. The third kappa shape index (κ3) is 3.41. The number of carbonyl (C=O) groups is 2. The van der Waals surface area contributed by atoms with Gasteiger partial charge < -0.3 is 14.9 Å². The van der Waals surface area contributed by atoms with Gasteiger partial charge in [-0.25, -0.2) is 9.48 Å². The number of hydrogen-bond acceptors (Lipinski definition) is 6. The van der Waals surface area contributed by atoms with Crippen LogP contribution in [0.2, 0.25) is 0 Å². The van der Waals surface area contributed by atoms with Crippen molar-refractivity contribution in [1.29, 1.82) is 0 Å². The minimum absolute atomic E-state index is 0.162. The summed E-state index contributed by atoms with van der Waals surface area (Å²) in [4.78, 5) is 28.2. The van der Waals surface area contributed by atoms with Crippen LogP contribution in [0, 0.1) is 0 Å². The van der Waals surface area contributed by atoms with Crippen LogP contribution < -0.4 is 4.90 Å². The Hall–Kier alpha value is -3.75. The van der Waals surface area contributed by atoms with Crippen molar-refractivity contribution in [3.05, 3.63) is 66.1 Å². The number of anilines is 1. The molecule has 0 bridgehead atoms. The number of piperazine rings is 1. The van der Waals surface area contributed by atoms with E-state index in [-0.39, 0.29) is 17.3 Å². The molecule has 1 amide bonds. The number of aromatic carboxylic acids is 1. The first-order valence-electron chi connectivity index (χ1n) is 8.84. The molecule has 0 radical (unpaired) electrons. The molecule has 3 aromatic rings. The maximum Gasteiger partial charge on any atom is 0.356 e. The lowest BCUT2D eigenvalue weighted by atomic mass is 10.2. The topological polar surface area (TPSA) is 104 Å². The van der Waals surface area contributed by atoms with Gasteiger partial charge in [-0.05, 0) is 24.3 Å². The highest BCUT2D eigenvalue weighted by Crippen LogP contribution is 2.18. The van der Waals surface area contributed by atoms with E-state index in [9.17, 15) is 14.7 Å². The van der Waals surface area contributed by atoms with E-state index in [0.29, 0.717) is 31.9 Å². The quantitative estimate of drug-likeness (QED) is 0.730. The van der Waals surface area contributed by atoms with Crippen molar-refractivity contribution in [2.24, 2.45) is 0 Å². The highest BCUT2D eigenvalue weighted by molar-refractivity contribution is 5.96. The average Bonchev–Trinajstić information content (AvgIpc) is 3.20. The molecular weight excluding hydrogens is 360 g/mol. The van der Waals surface area contributed by atoms with Gasteiger partial charge in [0.25, 0.3) is 5.91 Å². The Kier molecular flexibility index (Phi) is 4.71. The number of hydrogen-bond donors (Lipinski definition) is 1. The number of carbonyl (C=O) groups excluding carboxylic acids is 1. The summed E-state index contributed by atoms with van der Waals surface area (Å²) >= 11 is 0. The van der Waals surface area contributed by atoms with Crippen molar-refractivity contribution in [3.8, 4) is 5.69 Å². The monoisotopic (exact) mass is 378 g/mol. The van der Waals surface area contributed by atoms with E-state index in [1.165, 1.54) is 10.7 Å². The summed E-state index contributed by atoms with van der Waals surface area (Å²) < 4.78 is 1.39. The van der Waals surface area contributed by atoms with Gasteiger partial charge in [0.2, 0.25) is 0 Å². The Morgan fingerprint density at radius 3 is 2.36 bits per heavy atom. The smallest absolute Gasteiger partial charge is 0.356 e. The fraction of sp³-hybridized carbons (Fsp3) is 0.211. The van der Waals surface area contributed by atoms with Gasteiger partial charge in [-0.3, -0.25) is 4.79 Å². The Morgan fingerprint density at radius 1 is 0.964 bits per heavy atom. The standard InChI is InChI=1S/C19H18N6O3/c26-18(24-11-9-23(10-12-24)17-7-4-8-20-21-17)16-13-15(19(27)28)22-25(16)14-5-2-1-3-6-14/h1-8,13H,9-12H2,(H,27,28). The largest absolute Gasteiger partial charge is 0.476 e. The third-order valence-corrected chi connectivity index (χ3v) is 4.60. The van der Waals surface area contributed by atoms with Gasteiger partial charge in [-0.15, -0.1) is 5.10 Å². The maximum atomic E-state index is 13.1. The highest BCUT2D eigenvalue weighted by atomic mass is 16.4. The minimum Gasteiger partial charge on any atom is -0.476 e. The summed E-state index contributed by atoms with van der Waals surface area (Å²) in [5.74, 6) is -0.643. The molecule has 2 aromatic heterocycles. The second-order valence-electron chi connectivity index (χ2n) is 6.33. The summed E-state index contributed by atoms with van der Waals surface area (Å²) in [5, 5.41) is 21.4. The van der Waals surface area contributed by atoms with E-state index in [2.05, 4.69) is 20.2 Å². The van der Waals surface area contributed by atoms with Gasteiger partial charge in [0.1, 0.15) is 5.69 Å². The molecule has 0 saturated carbocycles. The van der Waals surface area contributed by atoms with Crippen molar-refractivity contribution >= 4 is 17.7 Å². The van der Waals surface area contributed by atoms with Gasteiger partial charge in [-0.2, -0.15) is 10.2 Å². The van der Waals surface area contributed by atoms with E-state index >= 15 is 0 Å². The van der Waals surface area contributed by atoms with Crippen LogP contribution in [0.5, 0.6) is 0 Å². The van der Waals surface area contributed by atoms with E-state index in [1.807, 2.05) is 30.3 Å². The van der Waals surface area contributed by atoms with Crippen molar-refractivity contribution < 1.29 is 14.7 Å². The summed E-state index contributed by atoms with van der Waals surface area (Å²) in [6, 6.07) is 14.1. The summed E-state index contributed by atoms with van der Waals surface area (Å²) in [7, 11) is 0. The first-order valence-corrected chi connectivity index (χ1v) is 8.84. The summed E-state index contributed by atoms with van der Waals surface area (Å²) in [6.45, 7) is 2.24. The van der Waals surface area contributed by atoms with Gasteiger partial charge in [0, 0.05) is 38.4 Å². The molecule has 0 unspecified atom stereocenters. The molecule has 1 saturated heterocycles. The number of carboxylic acids is 1. The van der Waals surface area contributed by atoms with E-state index < -0.39 is 5.97 Å². The van der Waals surface area contributed by atoms with Crippen molar-refractivity contribution in [1.82, 2.24) is 24.9 Å². The molecule has 28 heavy (non-hydrogen) atoms. The fourth-order valence-corrected chi connectivity index (χ4v) is 3.17. The summed E-state index contributed by atoms with van der Waals surface area (Å²) in [6.07, 6.45) is 1.62. The van der Waals surface area contributed by atoms with Crippen LogP contribution in [0.1, 0.15) is 21.0 Å². The van der Waals surface area contributed by atoms with Gasteiger partial charge in [0.15, 0.2) is 11.5 Å². The number of para-hydroxylation sites is 1. The number of aromatic nitrogens is 4. The molecule has 0 spiro atoms. The number of benzene rings is 1. The molecule has 1 aliphatic heterocycles. The fourth-order valence-electron chi connectivity index (χ4n) is 3.17. The lowest BCUT2D eigenvalue weighted by Crippen LogP contribution is -2.49. The van der Waals surface area contributed by atoms with Crippen molar-refractivity contribution in [2.75, 3.05) is 31.1 Å². The second-order valence-corrected chi connectivity index (χ2v) is 6.33. The SMILES string of the molecule is O=C(O)c1cc(C(=O)N2CCN(c3cccnn3)CC2)n(-c2ccccc2)n1. The summed E-state index contributed by atoms with van der Waals surface area (Å²) in [5.41, 5.74) is 0.707.